The zero-order chi connectivity index (χ0) is 17.8. The molecule has 0 heterocycles. The van der Waals surface area contributed by atoms with Crippen LogP contribution in [-0.4, -0.2) is 29.4 Å². The Morgan fingerprint density at radius 3 is 2.40 bits per heavy atom. The van der Waals surface area contributed by atoms with Crippen molar-refractivity contribution in [1.29, 1.82) is 0 Å². The lowest BCUT2D eigenvalue weighted by molar-refractivity contribution is -0.137. The summed E-state index contributed by atoms with van der Waals surface area (Å²) in [7, 11) is 0. The molecular formula is C19H24N2O4. The maximum Gasteiger partial charge on any atom is 0.322 e. The van der Waals surface area contributed by atoms with E-state index in [0.717, 1.165) is 23.1 Å². The number of amides is 2. The number of benzene rings is 1. The lowest BCUT2D eigenvalue weighted by Gasteiger charge is -2.20. The Bertz CT molecular complexity index is 656. The molecule has 0 spiro atoms. The fourth-order valence-electron chi connectivity index (χ4n) is 4.20. The second-order valence-corrected chi connectivity index (χ2v) is 7.23. The lowest BCUT2D eigenvalue weighted by Crippen LogP contribution is -2.30. The van der Waals surface area contributed by atoms with Gasteiger partial charge in [0, 0.05) is 12.1 Å². The van der Waals surface area contributed by atoms with Crippen LogP contribution < -0.4 is 10.6 Å². The summed E-state index contributed by atoms with van der Waals surface area (Å²) < 4.78 is 0. The van der Waals surface area contributed by atoms with E-state index in [1.807, 2.05) is 0 Å². The van der Waals surface area contributed by atoms with Crippen molar-refractivity contribution in [1.82, 2.24) is 5.32 Å². The van der Waals surface area contributed by atoms with Crippen LogP contribution in [0.15, 0.2) is 24.3 Å². The first-order valence-electron chi connectivity index (χ1n) is 8.87. The largest absolute Gasteiger partial charge is 0.480 e. The fourth-order valence-corrected chi connectivity index (χ4v) is 4.20. The summed E-state index contributed by atoms with van der Waals surface area (Å²) in [5, 5.41) is 13.8. The Kier molecular flexibility index (Phi) is 5.36. The van der Waals surface area contributed by atoms with Crippen molar-refractivity contribution >= 4 is 23.5 Å². The van der Waals surface area contributed by atoms with Crippen LogP contribution in [0.3, 0.4) is 0 Å². The van der Waals surface area contributed by atoms with Gasteiger partial charge in [-0.1, -0.05) is 18.6 Å². The van der Waals surface area contributed by atoms with Crippen molar-refractivity contribution in [2.24, 2.45) is 17.8 Å². The average molecular weight is 344 g/mol. The van der Waals surface area contributed by atoms with Gasteiger partial charge in [0.25, 0.3) is 0 Å². The maximum atomic E-state index is 12.2. The topological polar surface area (TPSA) is 95.5 Å². The molecule has 0 aliphatic heterocycles. The number of nitrogens with one attached hydrogen (secondary N) is 2. The first-order valence-corrected chi connectivity index (χ1v) is 8.87. The summed E-state index contributed by atoms with van der Waals surface area (Å²) in [6.07, 6.45) is 5.83. The molecular weight excluding hydrogens is 320 g/mol. The second-order valence-electron chi connectivity index (χ2n) is 7.23. The van der Waals surface area contributed by atoms with Crippen molar-refractivity contribution in [3.63, 3.8) is 0 Å². The van der Waals surface area contributed by atoms with Gasteiger partial charge >= 0.3 is 5.97 Å². The number of hydrogen-bond acceptors (Lipinski definition) is 3. The SMILES string of the molecule is O=C(O)CNC(=O)Cc1ccc(NC(=O)CC2CC3CCC2C3)cc1. The maximum absolute atomic E-state index is 12.2. The summed E-state index contributed by atoms with van der Waals surface area (Å²) in [6.45, 7) is -0.379. The summed E-state index contributed by atoms with van der Waals surface area (Å²) in [4.78, 5) is 34.2. The third-order valence-corrected chi connectivity index (χ3v) is 5.37. The number of carboxylic acids is 1. The summed E-state index contributed by atoms with van der Waals surface area (Å²) >= 11 is 0. The molecule has 3 unspecified atom stereocenters. The normalized spacial score (nSPS) is 24.1. The van der Waals surface area contributed by atoms with E-state index in [9.17, 15) is 14.4 Å². The summed E-state index contributed by atoms with van der Waals surface area (Å²) in [6, 6.07) is 7.10. The Balaban J connectivity index is 1.44. The van der Waals surface area contributed by atoms with Gasteiger partial charge < -0.3 is 15.7 Å². The zero-order valence-electron chi connectivity index (χ0n) is 14.2. The smallest absolute Gasteiger partial charge is 0.322 e. The molecule has 3 N–H and O–H groups in total. The molecule has 6 nitrogen and oxygen atoms in total. The molecule has 6 heteroatoms. The molecule has 2 saturated carbocycles. The minimum Gasteiger partial charge on any atom is -0.480 e. The number of carboxylic acid groups (broad SMARTS) is 1. The van der Waals surface area contributed by atoms with E-state index in [1.165, 1.54) is 25.7 Å². The molecule has 1 aromatic rings. The van der Waals surface area contributed by atoms with Gasteiger partial charge in [0.05, 0.1) is 6.42 Å². The van der Waals surface area contributed by atoms with Crippen LogP contribution in [0.1, 0.15) is 37.7 Å². The van der Waals surface area contributed by atoms with Crippen molar-refractivity contribution in [2.75, 3.05) is 11.9 Å². The van der Waals surface area contributed by atoms with Gasteiger partial charge in [-0.05, 0) is 54.7 Å². The van der Waals surface area contributed by atoms with Gasteiger partial charge in [0.15, 0.2) is 0 Å². The van der Waals surface area contributed by atoms with Crippen molar-refractivity contribution in [2.45, 2.75) is 38.5 Å². The first-order chi connectivity index (χ1) is 12.0. The number of fused-ring (bicyclic) bond motifs is 2. The van der Waals surface area contributed by atoms with E-state index < -0.39 is 5.97 Å². The van der Waals surface area contributed by atoms with Gasteiger partial charge in [-0.3, -0.25) is 14.4 Å². The third kappa shape index (κ3) is 4.81. The molecule has 3 atom stereocenters. The van der Waals surface area contributed by atoms with Gasteiger partial charge in [-0.25, -0.2) is 0 Å². The molecule has 3 rings (SSSR count). The molecule has 2 aliphatic carbocycles. The highest BCUT2D eigenvalue weighted by Crippen LogP contribution is 2.49. The third-order valence-electron chi connectivity index (χ3n) is 5.37. The monoisotopic (exact) mass is 344 g/mol. The summed E-state index contributed by atoms with van der Waals surface area (Å²) in [5.41, 5.74) is 1.50. The molecule has 0 radical (unpaired) electrons. The minimum absolute atomic E-state index is 0.0597. The van der Waals surface area contributed by atoms with Crippen LogP contribution in [0.2, 0.25) is 0 Å². The summed E-state index contributed by atoms with van der Waals surface area (Å²) in [5.74, 6) is 0.773. The number of carbonyl (C=O) groups excluding carboxylic acids is 2. The van der Waals surface area contributed by atoms with E-state index in [-0.39, 0.29) is 24.8 Å². The number of carbonyl (C=O) groups is 3. The van der Waals surface area contributed by atoms with Crippen LogP contribution in [-0.2, 0) is 20.8 Å². The molecule has 2 aliphatic rings. The fraction of sp³-hybridized carbons (Fsp3) is 0.526. The molecule has 0 saturated heterocycles. The van der Waals surface area contributed by atoms with Crippen LogP contribution >= 0.6 is 0 Å². The Labute approximate surface area is 147 Å². The predicted octanol–water partition coefficient (Wildman–Crippen LogP) is 2.19. The molecule has 0 aromatic heterocycles. The lowest BCUT2D eigenvalue weighted by atomic mass is 9.86. The van der Waals surface area contributed by atoms with Crippen molar-refractivity contribution in [3.8, 4) is 0 Å². The molecule has 25 heavy (non-hydrogen) atoms. The van der Waals surface area contributed by atoms with E-state index in [2.05, 4.69) is 10.6 Å². The van der Waals surface area contributed by atoms with E-state index in [1.54, 1.807) is 24.3 Å². The average Bonchev–Trinajstić information content (AvgIpc) is 3.17. The molecule has 2 fully saturated rings. The van der Waals surface area contributed by atoms with Crippen LogP contribution in [0.4, 0.5) is 5.69 Å². The van der Waals surface area contributed by atoms with Crippen molar-refractivity contribution < 1.29 is 19.5 Å². The molecule has 134 valence electrons. The molecule has 1 aromatic carbocycles. The van der Waals surface area contributed by atoms with Crippen LogP contribution in [0, 0.1) is 17.8 Å². The molecule has 2 amide bonds. The standard InChI is InChI=1S/C19H24N2O4/c22-17(20-11-19(24)25)9-12-2-5-16(6-3-12)21-18(23)10-15-8-13-1-4-14(15)7-13/h2-3,5-6,13-15H,1,4,7-11H2,(H,20,22)(H,21,23)(H,24,25). The van der Waals surface area contributed by atoms with E-state index in [0.29, 0.717) is 12.3 Å². The van der Waals surface area contributed by atoms with Gasteiger partial charge in [-0.15, -0.1) is 0 Å². The van der Waals surface area contributed by atoms with Crippen LogP contribution in [0.5, 0.6) is 0 Å². The highest BCUT2D eigenvalue weighted by molar-refractivity contribution is 5.91. The zero-order valence-corrected chi connectivity index (χ0v) is 14.2. The number of aliphatic carboxylic acids is 1. The minimum atomic E-state index is -1.07. The van der Waals surface area contributed by atoms with Crippen molar-refractivity contribution in [3.05, 3.63) is 29.8 Å². The van der Waals surface area contributed by atoms with E-state index in [4.69, 9.17) is 5.11 Å². The van der Waals surface area contributed by atoms with Gasteiger partial charge in [0.1, 0.15) is 6.54 Å². The Hall–Kier alpha value is -2.37. The first kappa shape index (κ1) is 17.5. The second kappa shape index (κ2) is 7.68. The highest BCUT2D eigenvalue weighted by atomic mass is 16.4. The quantitative estimate of drug-likeness (QED) is 0.706. The van der Waals surface area contributed by atoms with Gasteiger partial charge in [-0.2, -0.15) is 0 Å². The number of anilines is 1. The number of hydrogen-bond donors (Lipinski definition) is 3. The van der Waals surface area contributed by atoms with E-state index >= 15 is 0 Å². The molecule has 2 bridgehead atoms. The van der Waals surface area contributed by atoms with Crippen LogP contribution in [0.25, 0.3) is 0 Å². The Morgan fingerprint density at radius 1 is 1.04 bits per heavy atom. The predicted molar refractivity (Wildman–Crippen MR) is 93.0 cm³/mol. The van der Waals surface area contributed by atoms with Gasteiger partial charge in [0.2, 0.25) is 11.8 Å². The highest BCUT2D eigenvalue weighted by Gasteiger charge is 2.40. The number of rotatable bonds is 7. The Morgan fingerprint density at radius 2 is 1.80 bits per heavy atom.